The zero-order valence-corrected chi connectivity index (χ0v) is 18.9. The zero-order valence-electron chi connectivity index (χ0n) is 17.4. The van der Waals surface area contributed by atoms with Crippen LogP contribution >= 0.6 is 23.2 Å². The number of ether oxygens (including phenoxy) is 1. The number of halogens is 2. The molecule has 1 unspecified atom stereocenters. The quantitative estimate of drug-likeness (QED) is 0.546. The molecule has 3 aromatic rings. The predicted molar refractivity (Wildman–Crippen MR) is 123 cm³/mol. The summed E-state index contributed by atoms with van der Waals surface area (Å²) in [5.41, 5.74) is 1.44. The molecule has 1 aromatic heterocycles. The SMILES string of the molecule is CN1c2c(c(=O)n(C)c(=O)n2C)N(Cc2cccc(Cl)c2)C1Oc1cccc(CCl)c1. The molecule has 31 heavy (non-hydrogen) atoms. The van der Waals surface area contributed by atoms with E-state index in [0.29, 0.717) is 34.7 Å². The minimum atomic E-state index is -0.653. The van der Waals surface area contributed by atoms with Crippen LogP contribution in [0.25, 0.3) is 0 Å². The van der Waals surface area contributed by atoms with Crippen molar-refractivity contribution >= 4 is 34.7 Å². The van der Waals surface area contributed by atoms with Gasteiger partial charge < -0.3 is 14.5 Å². The summed E-state index contributed by atoms with van der Waals surface area (Å²) in [4.78, 5) is 29.3. The van der Waals surface area contributed by atoms with Crippen LogP contribution in [-0.4, -0.2) is 22.5 Å². The minimum absolute atomic E-state index is 0.360. The first kappa shape index (κ1) is 21.3. The van der Waals surface area contributed by atoms with E-state index in [0.717, 1.165) is 15.7 Å². The molecule has 7 nitrogen and oxygen atoms in total. The second-order valence-corrected chi connectivity index (χ2v) is 8.18. The molecule has 0 aliphatic carbocycles. The van der Waals surface area contributed by atoms with Gasteiger partial charge in [0, 0.05) is 38.6 Å². The first-order valence-corrected chi connectivity index (χ1v) is 10.6. The van der Waals surface area contributed by atoms with Crippen LogP contribution < -0.4 is 25.8 Å². The smallest absolute Gasteiger partial charge is 0.332 e. The highest BCUT2D eigenvalue weighted by Crippen LogP contribution is 2.37. The summed E-state index contributed by atoms with van der Waals surface area (Å²) in [6.07, 6.45) is -0.653. The number of benzene rings is 2. The van der Waals surface area contributed by atoms with Crippen molar-refractivity contribution in [1.29, 1.82) is 0 Å². The van der Waals surface area contributed by atoms with Gasteiger partial charge >= 0.3 is 5.69 Å². The first-order chi connectivity index (χ1) is 14.8. The maximum Gasteiger partial charge on any atom is 0.332 e. The van der Waals surface area contributed by atoms with E-state index in [1.54, 1.807) is 25.1 Å². The highest BCUT2D eigenvalue weighted by atomic mass is 35.5. The van der Waals surface area contributed by atoms with E-state index in [-0.39, 0.29) is 5.56 Å². The average Bonchev–Trinajstić information content (AvgIpc) is 3.02. The lowest BCUT2D eigenvalue weighted by molar-refractivity contribution is 0.201. The van der Waals surface area contributed by atoms with Gasteiger partial charge in [-0.1, -0.05) is 35.9 Å². The number of alkyl halides is 1. The third-order valence-electron chi connectivity index (χ3n) is 5.37. The van der Waals surface area contributed by atoms with Gasteiger partial charge in [-0.25, -0.2) is 4.79 Å². The lowest BCUT2D eigenvalue weighted by Crippen LogP contribution is -2.46. The summed E-state index contributed by atoms with van der Waals surface area (Å²) in [6, 6.07) is 14.9. The Morgan fingerprint density at radius 1 is 0.968 bits per heavy atom. The molecule has 0 saturated carbocycles. The monoisotopic (exact) mass is 460 g/mol. The Morgan fingerprint density at radius 3 is 2.39 bits per heavy atom. The minimum Gasteiger partial charge on any atom is -0.452 e. The summed E-state index contributed by atoms with van der Waals surface area (Å²) in [7, 11) is 4.91. The van der Waals surface area contributed by atoms with Crippen molar-refractivity contribution in [3.05, 3.63) is 85.5 Å². The Balaban J connectivity index is 1.84. The number of rotatable bonds is 5. The van der Waals surface area contributed by atoms with Crippen LogP contribution in [-0.2, 0) is 26.5 Å². The van der Waals surface area contributed by atoms with Crippen LogP contribution in [0.2, 0.25) is 5.02 Å². The van der Waals surface area contributed by atoms with E-state index in [1.807, 2.05) is 47.4 Å². The second kappa shape index (κ2) is 8.32. The molecule has 2 aromatic carbocycles. The number of aromatic nitrogens is 2. The predicted octanol–water partition coefficient (Wildman–Crippen LogP) is 3.30. The van der Waals surface area contributed by atoms with Crippen LogP contribution in [0.3, 0.4) is 0 Å². The standard InChI is InChI=1S/C22H22Cl2N4O3/c1-25-19-18(20(29)27(3)21(25)30)28(13-15-7-4-8-16(24)10-15)22(26(19)2)31-17-9-5-6-14(11-17)12-23/h4-11,22H,12-13H2,1-3H3. The van der Waals surface area contributed by atoms with Crippen LogP contribution in [0, 0.1) is 0 Å². The molecule has 0 bridgehead atoms. The van der Waals surface area contributed by atoms with E-state index in [4.69, 9.17) is 27.9 Å². The largest absolute Gasteiger partial charge is 0.452 e. The summed E-state index contributed by atoms with van der Waals surface area (Å²) >= 11 is 12.2. The van der Waals surface area contributed by atoms with Crippen molar-refractivity contribution < 1.29 is 4.74 Å². The molecule has 4 rings (SSSR count). The van der Waals surface area contributed by atoms with Gasteiger partial charge in [-0.15, -0.1) is 11.6 Å². The van der Waals surface area contributed by atoms with Gasteiger partial charge in [-0.3, -0.25) is 13.9 Å². The maximum absolute atomic E-state index is 13.1. The molecule has 0 radical (unpaired) electrons. The fraction of sp³-hybridized carbons (Fsp3) is 0.273. The number of nitrogens with zero attached hydrogens (tertiary/aromatic N) is 4. The van der Waals surface area contributed by atoms with E-state index < -0.39 is 12.0 Å². The summed E-state index contributed by atoms with van der Waals surface area (Å²) < 4.78 is 8.88. The number of hydrogen-bond donors (Lipinski definition) is 0. The molecule has 0 N–H and O–H groups in total. The Kier molecular flexibility index (Phi) is 5.73. The number of fused-ring (bicyclic) bond motifs is 1. The Morgan fingerprint density at radius 2 is 1.68 bits per heavy atom. The van der Waals surface area contributed by atoms with Gasteiger partial charge in [0.15, 0.2) is 0 Å². The molecule has 162 valence electrons. The molecule has 9 heteroatoms. The van der Waals surface area contributed by atoms with Gasteiger partial charge in [-0.05, 0) is 35.4 Å². The zero-order chi connectivity index (χ0) is 22.3. The number of hydrogen-bond acceptors (Lipinski definition) is 5. The molecule has 0 amide bonds. The third kappa shape index (κ3) is 3.79. The molecule has 1 atom stereocenters. The van der Waals surface area contributed by atoms with Crippen molar-refractivity contribution in [2.45, 2.75) is 18.8 Å². The van der Waals surface area contributed by atoms with E-state index >= 15 is 0 Å². The first-order valence-electron chi connectivity index (χ1n) is 9.67. The molecule has 0 fully saturated rings. The summed E-state index contributed by atoms with van der Waals surface area (Å²) in [5, 5.41) is 0.603. The summed E-state index contributed by atoms with van der Waals surface area (Å²) in [5.74, 6) is 1.47. The van der Waals surface area contributed by atoms with Gasteiger partial charge in [0.25, 0.3) is 11.9 Å². The molecule has 1 aliphatic heterocycles. The highest BCUT2D eigenvalue weighted by Gasteiger charge is 2.40. The Hall–Kier alpha value is -2.90. The number of anilines is 2. The van der Waals surface area contributed by atoms with Gasteiger partial charge in [0.1, 0.15) is 17.3 Å². The Bertz CT molecular complexity index is 1250. The van der Waals surface area contributed by atoms with Gasteiger partial charge in [-0.2, -0.15) is 0 Å². The van der Waals surface area contributed by atoms with Crippen LogP contribution in [0.15, 0.2) is 58.1 Å². The van der Waals surface area contributed by atoms with Crippen molar-refractivity contribution in [2.75, 3.05) is 16.8 Å². The second-order valence-electron chi connectivity index (χ2n) is 7.47. The molecule has 1 aliphatic rings. The lowest BCUT2D eigenvalue weighted by atomic mass is 10.2. The topological polar surface area (TPSA) is 59.7 Å². The van der Waals surface area contributed by atoms with Crippen molar-refractivity contribution in [1.82, 2.24) is 9.13 Å². The van der Waals surface area contributed by atoms with Crippen molar-refractivity contribution in [3.63, 3.8) is 0 Å². The molecule has 0 spiro atoms. The fourth-order valence-corrected chi connectivity index (χ4v) is 4.23. The van der Waals surface area contributed by atoms with Crippen LogP contribution in [0.5, 0.6) is 5.75 Å². The van der Waals surface area contributed by atoms with Crippen molar-refractivity contribution in [2.24, 2.45) is 14.1 Å². The van der Waals surface area contributed by atoms with Gasteiger partial charge in [0.05, 0.1) is 0 Å². The normalized spacial score (nSPS) is 15.3. The highest BCUT2D eigenvalue weighted by molar-refractivity contribution is 6.30. The lowest BCUT2D eigenvalue weighted by Gasteiger charge is -2.30. The molecule has 2 heterocycles. The van der Waals surface area contributed by atoms with Crippen molar-refractivity contribution in [3.8, 4) is 5.75 Å². The molecular weight excluding hydrogens is 439 g/mol. The summed E-state index contributed by atoms with van der Waals surface area (Å²) in [6.45, 7) is 0.366. The fourth-order valence-electron chi connectivity index (χ4n) is 3.85. The van der Waals surface area contributed by atoms with E-state index in [1.165, 1.54) is 11.6 Å². The van der Waals surface area contributed by atoms with Crippen LogP contribution in [0.1, 0.15) is 11.1 Å². The van der Waals surface area contributed by atoms with E-state index in [2.05, 4.69) is 0 Å². The van der Waals surface area contributed by atoms with Gasteiger partial charge in [0.2, 0.25) is 0 Å². The van der Waals surface area contributed by atoms with E-state index in [9.17, 15) is 9.59 Å². The Labute approximate surface area is 189 Å². The molecular formula is C22H22Cl2N4O3. The van der Waals surface area contributed by atoms with Crippen LogP contribution in [0.4, 0.5) is 11.5 Å². The maximum atomic E-state index is 13.1. The average molecular weight is 461 g/mol. The molecule has 0 saturated heterocycles. The third-order valence-corrected chi connectivity index (χ3v) is 5.91.